The topological polar surface area (TPSA) is 9.23 Å². The molecule has 0 aromatic heterocycles. The summed E-state index contributed by atoms with van der Waals surface area (Å²) >= 11 is 9.14. The average Bonchev–Trinajstić information content (AvgIpc) is 2.40. The van der Waals surface area contributed by atoms with Crippen molar-refractivity contribution < 1.29 is 13.5 Å². The molecule has 1 unspecified atom stereocenters. The summed E-state index contributed by atoms with van der Waals surface area (Å²) in [6, 6.07) is 9.50. The highest BCUT2D eigenvalue weighted by molar-refractivity contribution is 9.09. The Morgan fingerprint density at radius 3 is 2.20 bits per heavy atom. The summed E-state index contributed by atoms with van der Waals surface area (Å²) in [6.07, 6.45) is 0.456. The van der Waals surface area contributed by atoms with E-state index in [9.17, 15) is 8.78 Å². The van der Waals surface area contributed by atoms with Gasteiger partial charge in [0.1, 0.15) is 17.4 Å². The molecule has 0 bridgehead atoms. The second kappa shape index (κ2) is 6.55. The molecule has 0 aliphatic heterocycles. The molecular formula is C15H12BrClF2O. The standard InChI is InChI=1S/C15H12BrClF2O/c1-20-11-7-13(18)15(14(19)8-11)12(16)6-9-2-4-10(17)5-3-9/h2-5,7-8,12H,6H2,1H3. The molecule has 1 atom stereocenters. The highest BCUT2D eigenvalue weighted by Crippen LogP contribution is 2.33. The number of halogens is 4. The Hall–Kier alpha value is -1.13. The van der Waals surface area contributed by atoms with Crippen LogP contribution in [0.25, 0.3) is 0 Å². The third-order valence-electron chi connectivity index (χ3n) is 2.93. The van der Waals surface area contributed by atoms with Gasteiger partial charge < -0.3 is 4.74 Å². The fourth-order valence-corrected chi connectivity index (χ4v) is 2.84. The van der Waals surface area contributed by atoms with Crippen LogP contribution in [0.1, 0.15) is 16.0 Å². The van der Waals surface area contributed by atoms with Crippen molar-refractivity contribution in [3.8, 4) is 5.75 Å². The van der Waals surface area contributed by atoms with Crippen LogP contribution in [0.15, 0.2) is 36.4 Å². The molecule has 2 aromatic carbocycles. The molecule has 20 heavy (non-hydrogen) atoms. The van der Waals surface area contributed by atoms with Crippen molar-refractivity contribution >= 4 is 27.5 Å². The van der Waals surface area contributed by atoms with E-state index in [1.807, 2.05) is 12.1 Å². The van der Waals surface area contributed by atoms with Crippen LogP contribution >= 0.6 is 27.5 Å². The van der Waals surface area contributed by atoms with E-state index in [1.165, 1.54) is 19.2 Å². The number of rotatable bonds is 4. The third-order valence-corrected chi connectivity index (χ3v) is 3.96. The molecule has 1 nitrogen and oxygen atoms in total. The lowest BCUT2D eigenvalue weighted by Crippen LogP contribution is -2.03. The van der Waals surface area contributed by atoms with Crippen molar-refractivity contribution in [1.29, 1.82) is 0 Å². The van der Waals surface area contributed by atoms with E-state index >= 15 is 0 Å². The fraction of sp³-hybridized carbons (Fsp3) is 0.200. The van der Waals surface area contributed by atoms with Crippen molar-refractivity contribution in [2.75, 3.05) is 7.11 Å². The van der Waals surface area contributed by atoms with Gasteiger partial charge in [-0.25, -0.2) is 8.78 Å². The van der Waals surface area contributed by atoms with Gasteiger partial charge in [-0.3, -0.25) is 0 Å². The lowest BCUT2D eigenvalue weighted by atomic mass is 10.0. The number of hydrogen-bond acceptors (Lipinski definition) is 1. The van der Waals surface area contributed by atoms with Gasteiger partial charge in [-0.1, -0.05) is 39.7 Å². The van der Waals surface area contributed by atoms with Gasteiger partial charge in [-0.05, 0) is 24.1 Å². The van der Waals surface area contributed by atoms with Crippen LogP contribution in [0.5, 0.6) is 5.75 Å². The van der Waals surface area contributed by atoms with Crippen LogP contribution in [0.2, 0.25) is 5.02 Å². The largest absolute Gasteiger partial charge is 0.497 e. The normalized spacial score (nSPS) is 12.2. The second-order valence-corrected chi connectivity index (χ2v) is 5.84. The third kappa shape index (κ3) is 3.49. The summed E-state index contributed by atoms with van der Waals surface area (Å²) in [5.41, 5.74) is 0.937. The Bertz CT molecular complexity index is 578. The van der Waals surface area contributed by atoms with Crippen molar-refractivity contribution in [1.82, 2.24) is 0 Å². The molecule has 0 saturated heterocycles. The van der Waals surface area contributed by atoms with Crippen LogP contribution < -0.4 is 4.74 Å². The zero-order valence-corrected chi connectivity index (χ0v) is 13.0. The summed E-state index contributed by atoms with van der Waals surface area (Å²) in [6.45, 7) is 0. The molecular weight excluding hydrogens is 350 g/mol. The minimum atomic E-state index is -0.627. The number of methoxy groups -OCH3 is 1. The maximum atomic E-state index is 13.9. The summed E-state index contributed by atoms with van der Waals surface area (Å²) in [7, 11) is 1.37. The first-order valence-corrected chi connectivity index (χ1v) is 7.22. The summed E-state index contributed by atoms with van der Waals surface area (Å²) in [5, 5.41) is 0.627. The molecule has 5 heteroatoms. The van der Waals surface area contributed by atoms with Crippen molar-refractivity contribution in [3.63, 3.8) is 0 Å². The van der Waals surface area contributed by atoms with E-state index in [0.29, 0.717) is 11.4 Å². The Kier molecular flexibility index (Phi) is 5.00. The average molecular weight is 362 g/mol. The molecule has 106 valence electrons. The van der Waals surface area contributed by atoms with Crippen LogP contribution in [0, 0.1) is 11.6 Å². The predicted octanol–water partition coefficient (Wildman–Crippen LogP) is 5.31. The zero-order chi connectivity index (χ0) is 14.7. The molecule has 0 aliphatic carbocycles. The number of hydrogen-bond donors (Lipinski definition) is 0. The van der Waals surface area contributed by atoms with E-state index < -0.39 is 16.5 Å². The smallest absolute Gasteiger partial charge is 0.134 e. The minimum absolute atomic E-state index is 0.000694. The minimum Gasteiger partial charge on any atom is -0.497 e. The van der Waals surface area contributed by atoms with Crippen molar-refractivity contribution in [2.45, 2.75) is 11.2 Å². The van der Waals surface area contributed by atoms with Gasteiger partial charge in [0.05, 0.1) is 7.11 Å². The van der Waals surface area contributed by atoms with Gasteiger partial charge in [-0.15, -0.1) is 0 Å². The molecule has 0 fully saturated rings. The first-order chi connectivity index (χ1) is 9.51. The lowest BCUT2D eigenvalue weighted by Gasteiger charge is -2.13. The quantitative estimate of drug-likeness (QED) is 0.671. The Morgan fingerprint density at radius 2 is 1.70 bits per heavy atom. The maximum absolute atomic E-state index is 13.9. The van der Waals surface area contributed by atoms with Gasteiger partial charge in [0, 0.05) is 27.5 Å². The van der Waals surface area contributed by atoms with Gasteiger partial charge >= 0.3 is 0 Å². The molecule has 0 saturated carbocycles. The highest BCUT2D eigenvalue weighted by atomic mass is 79.9. The Morgan fingerprint density at radius 1 is 1.15 bits per heavy atom. The van der Waals surface area contributed by atoms with Gasteiger partial charge in [0.15, 0.2) is 0 Å². The molecule has 2 rings (SSSR count). The lowest BCUT2D eigenvalue weighted by molar-refractivity contribution is 0.405. The number of ether oxygens (including phenoxy) is 1. The molecule has 0 amide bonds. The van der Waals surface area contributed by atoms with E-state index in [0.717, 1.165) is 5.56 Å². The van der Waals surface area contributed by atoms with Gasteiger partial charge in [0.25, 0.3) is 0 Å². The van der Waals surface area contributed by atoms with E-state index in [1.54, 1.807) is 12.1 Å². The van der Waals surface area contributed by atoms with Crippen LogP contribution in [-0.4, -0.2) is 7.11 Å². The SMILES string of the molecule is COc1cc(F)c(C(Br)Cc2ccc(Cl)cc2)c(F)c1. The molecule has 0 heterocycles. The van der Waals surface area contributed by atoms with Gasteiger partial charge in [-0.2, -0.15) is 0 Å². The summed E-state index contributed by atoms with van der Waals surface area (Å²) < 4.78 is 32.7. The fourth-order valence-electron chi connectivity index (χ4n) is 1.91. The van der Waals surface area contributed by atoms with Crippen molar-refractivity contribution in [2.24, 2.45) is 0 Å². The van der Waals surface area contributed by atoms with Crippen LogP contribution in [0.4, 0.5) is 8.78 Å². The van der Waals surface area contributed by atoms with Crippen LogP contribution in [-0.2, 0) is 6.42 Å². The molecule has 0 N–H and O–H groups in total. The summed E-state index contributed by atoms with van der Waals surface area (Å²) in [5.74, 6) is -1.09. The predicted molar refractivity (Wildman–Crippen MR) is 79.7 cm³/mol. The first kappa shape index (κ1) is 15.3. The van der Waals surface area contributed by atoms with E-state index in [-0.39, 0.29) is 11.3 Å². The van der Waals surface area contributed by atoms with E-state index in [2.05, 4.69) is 15.9 Å². The molecule has 0 radical (unpaired) electrons. The zero-order valence-electron chi connectivity index (χ0n) is 10.7. The Labute approximate surface area is 129 Å². The highest BCUT2D eigenvalue weighted by Gasteiger charge is 2.19. The molecule has 2 aromatic rings. The second-order valence-electron chi connectivity index (χ2n) is 4.30. The molecule has 0 spiro atoms. The monoisotopic (exact) mass is 360 g/mol. The first-order valence-electron chi connectivity index (χ1n) is 5.92. The van der Waals surface area contributed by atoms with Crippen LogP contribution in [0.3, 0.4) is 0 Å². The number of alkyl halides is 1. The van der Waals surface area contributed by atoms with E-state index in [4.69, 9.17) is 16.3 Å². The van der Waals surface area contributed by atoms with Gasteiger partial charge in [0.2, 0.25) is 0 Å². The Balaban J connectivity index is 2.25. The summed E-state index contributed by atoms with van der Waals surface area (Å²) in [4.78, 5) is -0.463. The molecule has 0 aliphatic rings. The van der Waals surface area contributed by atoms with Crippen molar-refractivity contribution in [3.05, 3.63) is 64.2 Å². The maximum Gasteiger partial charge on any atom is 0.134 e. The number of benzene rings is 2.